The summed E-state index contributed by atoms with van der Waals surface area (Å²) in [5.41, 5.74) is 0.707. The number of rotatable bonds is 4. The number of carbonyl (C=O) groups excluding carboxylic acids is 1. The van der Waals surface area contributed by atoms with Gasteiger partial charge in [0, 0.05) is 9.13 Å². The van der Waals surface area contributed by atoms with E-state index in [-0.39, 0.29) is 11.3 Å². The molecule has 1 amide bonds. The van der Waals surface area contributed by atoms with E-state index in [0.29, 0.717) is 11.3 Å². The number of hydrogen-bond acceptors (Lipinski definition) is 3. The van der Waals surface area contributed by atoms with Crippen LogP contribution < -0.4 is 10.1 Å². The predicted octanol–water partition coefficient (Wildman–Crippen LogP) is 3.25. The Kier molecular flexibility index (Phi) is 4.79. The van der Waals surface area contributed by atoms with Crippen LogP contribution in [0.15, 0.2) is 42.5 Å². The zero-order valence-corrected chi connectivity index (χ0v) is 13.2. The zero-order valence-electron chi connectivity index (χ0n) is 11.1. The summed E-state index contributed by atoms with van der Waals surface area (Å²) in [5.74, 6) is -0.921. The Morgan fingerprint density at radius 3 is 2.62 bits per heavy atom. The standard InChI is InChI=1S/C15H12INO4/c1-21-11-4-2-3-9(7-11)14(18)17-13-6-5-10(16)8-12(13)15(19)20/h2-8H,1H3,(H,17,18)(H,19,20). The van der Waals surface area contributed by atoms with Gasteiger partial charge in [-0.25, -0.2) is 4.79 Å². The first-order valence-corrected chi connectivity index (χ1v) is 7.07. The second-order valence-electron chi connectivity index (χ2n) is 4.18. The molecule has 0 radical (unpaired) electrons. The summed E-state index contributed by atoms with van der Waals surface area (Å²) in [6, 6.07) is 11.4. The van der Waals surface area contributed by atoms with E-state index in [4.69, 9.17) is 4.74 Å². The molecule has 0 saturated carbocycles. The third-order valence-electron chi connectivity index (χ3n) is 2.79. The van der Waals surface area contributed by atoms with Gasteiger partial charge in [0.2, 0.25) is 0 Å². The number of carboxylic acid groups (broad SMARTS) is 1. The van der Waals surface area contributed by atoms with Crippen molar-refractivity contribution in [3.63, 3.8) is 0 Å². The number of carboxylic acids is 1. The van der Waals surface area contributed by atoms with Crippen LogP contribution in [0.3, 0.4) is 0 Å². The summed E-state index contributed by atoms with van der Waals surface area (Å²) in [5, 5.41) is 11.8. The van der Waals surface area contributed by atoms with E-state index in [1.165, 1.54) is 13.2 Å². The molecule has 0 spiro atoms. The quantitative estimate of drug-likeness (QED) is 0.777. The fourth-order valence-corrected chi connectivity index (χ4v) is 2.25. The molecule has 21 heavy (non-hydrogen) atoms. The Bertz CT molecular complexity index is 700. The summed E-state index contributed by atoms with van der Waals surface area (Å²) < 4.78 is 5.84. The molecule has 0 bridgehead atoms. The topological polar surface area (TPSA) is 75.6 Å². The van der Waals surface area contributed by atoms with Gasteiger partial charge in [0.25, 0.3) is 5.91 Å². The Labute approximate surface area is 135 Å². The van der Waals surface area contributed by atoms with E-state index in [1.807, 2.05) is 22.6 Å². The average Bonchev–Trinajstić information content (AvgIpc) is 2.48. The van der Waals surface area contributed by atoms with Crippen LogP contribution in [0.2, 0.25) is 0 Å². The third-order valence-corrected chi connectivity index (χ3v) is 3.46. The van der Waals surface area contributed by atoms with E-state index >= 15 is 0 Å². The number of hydrogen-bond donors (Lipinski definition) is 2. The summed E-state index contributed by atoms with van der Waals surface area (Å²) >= 11 is 2.02. The van der Waals surface area contributed by atoms with Crippen molar-refractivity contribution >= 4 is 40.2 Å². The minimum atomic E-state index is -1.09. The fraction of sp³-hybridized carbons (Fsp3) is 0.0667. The number of anilines is 1. The Balaban J connectivity index is 2.29. The Hall–Kier alpha value is -2.09. The van der Waals surface area contributed by atoms with Crippen LogP contribution in [-0.2, 0) is 0 Å². The molecule has 2 N–H and O–H groups in total. The number of nitrogens with one attached hydrogen (secondary N) is 1. The molecule has 2 rings (SSSR count). The van der Waals surface area contributed by atoms with Gasteiger partial charge in [0.15, 0.2) is 0 Å². The van der Waals surface area contributed by atoms with Crippen LogP contribution in [0.25, 0.3) is 0 Å². The molecule has 108 valence electrons. The molecule has 0 heterocycles. The molecular formula is C15H12INO4. The number of carbonyl (C=O) groups is 2. The van der Waals surface area contributed by atoms with Crippen molar-refractivity contribution in [2.24, 2.45) is 0 Å². The lowest BCUT2D eigenvalue weighted by Gasteiger charge is -2.09. The van der Waals surface area contributed by atoms with Crippen LogP contribution in [-0.4, -0.2) is 24.1 Å². The predicted molar refractivity (Wildman–Crippen MR) is 87.1 cm³/mol. The molecular weight excluding hydrogens is 385 g/mol. The van der Waals surface area contributed by atoms with Crippen LogP contribution in [0, 0.1) is 3.57 Å². The van der Waals surface area contributed by atoms with Crippen molar-refractivity contribution in [3.8, 4) is 5.75 Å². The smallest absolute Gasteiger partial charge is 0.337 e. The number of amides is 1. The molecule has 0 aliphatic carbocycles. The van der Waals surface area contributed by atoms with Crippen LogP contribution in [0.4, 0.5) is 5.69 Å². The maximum absolute atomic E-state index is 12.2. The van der Waals surface area contributed by atoms with Gasteiger partial charge in [-0.1, -0.05) is 6.07 Å². The van der Waals surface area contributed by atoms with Gasteiger partial charge in [-0.2, -0.15) is 0 Å². The highest BCUT2D eigenvalue weighted by Crippen LogP contribution is 2.20. The van der Waals surface area contributed by atoms with Gasteiger partial charge in [-0.3, -0.25) is 4.79 Å². The molecule has 0 aromatic heterocycles. The van der Waals surface area contributed by atoms with Gasteiger partial charge >= 0.3 is 5.97 Å². The Morgan fingerprint density at radius 2 is 1.95 bits per heavy atom. The lowest BCUT2D eigenvalue weighted by Crippen LogP contribution is -2.15. The molecule has 2 aromatic carbocycles. The minimum absolute atomic E-state index is 0.0538. The van der Waals surface area contributed by atoms with Crippen LogP contribution >= 0.6 is 22.6 Å². The molecule has 0 fully saturated rings. The van der Waals surface area contributed by atoms with Gasteiger partial charge in [-0.05, 0) is 59.0 Å². The molecule has 2 aromatic rings. The highest BCUT2D eigenvalue weighted by Gasteiger charge is 2.14. The van der Waals surface area contributed by atoms with Crippen molar-refractivity contribution in [1.29, 1.82) is 0 Å². The monoisotopic (exact) mass is 397 g/mol. The number of methoxy groups -OCH3 is 1. The zero-order chi connectivity index (χ0) is 15.4. The SMILES string of the molecule is COc1cccc(C(=O)Nc2ccc(I)cc2C(=O)O)c1. The molecule has 5 nitrogen and oxygen atoms in total. The van der Waals surface area contributed by atoms with Crippen LogP contribution in [0.1, 0.15) is 20.7 Å². The lowest BCUT2D eigenvalue weighted by atomic mass is 10.1. The van der Waals surface area contributed by atoms with E-state index in [1.54, 1.807) is 36.4 Å². The summed E-state index contributed by atoms with van der Waals surface area (Å²) in [6.07, 6.45) is 0. The molecule has 0 unspecified atom stereocenters. The maximum Gasteiger partial charge on any atom is 0.337 e. The first-order valence-electron chi connectivity index (χ1n) is 5.99. The van der Waals surface area contributed by atoms with E-state index in [2.05, 4.69) is 5.32 Å². The third kappa shape index (κ3) is 3.72. The van der Waals surface area contributed by atoms with Gasteiger partial charge in [0.1, 0.15) is 5.75 Å². The van der Waals surface area contributed by atoms with E-state index in [0.717, 1.165) is 3.57 Å². The van der Waals surface area contributed by atoms with E-state index in [9.17, 15) is 14.7 Å². The van der Waals surface area contributed by atoms with Crippen LogP contribution in [0.5, 0.6) is 5.75 Å². The lowest BCUT2D eigenvalue weighted by molar-refractivity contribution is 0.0698. The van der Waals surface area contributed by atoms with Crippen molar-refractivity contribution in [3.05, 3.63) is 57.2 Å². The van der Waals surface area contributed by atoms with Gasteiger partial charge in [0.05, 0.1) is 18.4 Å². The maximum atomic E-state index is 12.2. The highest BCUT2D eigenvalue weighted by atomic mass is 127. The van der Waals surface area contributed by atoms with Crippen molar-refractivity contribution in [1.82, 2.24) is 0 Å². The van der Waals surface area contributed by atoms with Crippen molar-refractivity contribution < 1.29 is 19.4 Å². The number of ether oxygens (including phenoxy) is 1. The van der Waals surface area contributed by atoms with Crippen molar-refractivity contribution in [2.75, 3.05) is 12.4 Å². The number of aromatic carboxylic acids is 1. The summed E-state index contributed by atoms with van der Waals surface area (Å²) in [7, 11) is 1.51. The van der Waals surface area contributed by atoms with E-state index < -0.39 is 11.9 Å². The Morgan fingerprint density at radius 1 is 1.19 bits per heavy atom. The fourth-order valence-electron chi connectivity index (χ4n) is 1.76. The average molecular weight is 397 g/mol. The van der Waals surface area contributed by atoms with Gasteiger partial charge in [-0.15, -0.1) is 0 Å². The number of halogens is 1. The molecule has 0 saturated heterocycles. The first-order chi connectivity index (χ1) is 10.0. The van der Waals surface area contributed by atoms with Gasteiger partial charge < -0.3 is 15.2 Å². The second-order valence-corrected chi connectivity index (χ2v) is 5.43. The largest absolute Gasteiger partial charge is 0.497 e. The first kappa shape index (κ1) is 15.3. The van der Waals surface area contributed by atoms with Crippen molar-refractivity contribution in [2.45, 2.75) is 0 Å². The molecule has 0 atom stereocenters. The normalized spacial score (nSPS) is 10.0. The molecule has 0 aliphatic heterocycles. The highest BCUT2D eigenvalue weighted by molar-refractivity contribution is 14.1. The molecule has 0 aliphatic rings. The second kappa shape index (κ2) is 6.57. The summed E-state index contributed by atoms with van der Waals surface area (Å²) in [4.78, 5) is 23.4. The minimum Gasteiger partial charge on any atom is -0.497 e. The number of benzene rings is 2. The summed E-state index contributed by atoms with van der Waals surface area (Å²) in [6.45, 7) is 0. The molecule has 6 heteroatoms.